The SMILES string of the molecule is CC(CBr)CN1C(=O)NC2(CCCC2)C1=O. The highest BCUT2D eigenvalue weighted by Crippen LogP contribution is 2.35. The van der Waals surface area contributed by atoms with Crippen LogP contribution in [0.4, 0.5) is 4.79 Å². The number of hydrogen-bond donors (Lipinski definition) is 1. The zero-order valence-electron chi connectivity index (χ0n) is 9.46. The first-order valence-electron chi connectivity index (χ1n) is 5.79. The average Bonchev–Trinajstić information content (AvgIpc) is 2.81. The van der Waals surface area contributed by atoms with Crippen molar-refractivity contribution < 1.29 is 9.59 Å². The molecule has 1 atom stereocenters. The summed E-state index contributed by atoms with van der Waals surface area (Å²) in [5, 5.41) is 3.68. The molecule has 4 nitrogen and oxygen atoms in total. The minimum atomic E-state index is -0.552. The van der Waals surface area contributed by atoms with Gasteiger partial charge in [-0.15, -0.1) is 0 Å². The summed E-state index contributed by atoms with van der Waals surface area (Å²) in [6.07, 6.45) is 3.68. The first-order chi connectivity index (χ1) is 7.59. The van der Waals surface area contributed by atoms with Crippen LogP contribution >= 0.6 is 15.9 Å². The predicted octanol–water partition coefficient (Wildman–Crippen LogP) is 1.88. The summed E-state index contributed by atoms with van der Waals surface area (Å²) in [5.41, 5.74) is -0.552. The van der Waals surface area contributed by atoms with E-state index in [1.165, 1.54) is 4.90 Å². The maximum atomic E-state index is 12.2. The molecular weight excluding hydrogens is 272 g/mol. The molecule has 1 saturated heterocycles. The van der Waals surface area contributed by atoms with Crippen LogP contribution < -0.4 is 5.32 Å². The van der Waals surface area contributed by atoms with E-state index in [0.29, 0.717) is 12.5 Å². The van der Waals surface area contributed by atoms with Crippen LogP contribution in [0.1, 0.15) is 32.6 Å². The number of carbonyl (C=O) groups excluding carboxylic acids is 2. The lowest BCUT2D eigenvalue weighted by Gasteiger charge is -2.21. The van der Waals surface area contributed by atoms with Gasteiger partial charge in [0.1, 0.15) is 5.54 Å². The molecule has 5 heteroatoms. The number of halogens is 1. The highest BCUT2D eigenvalue weighted by Gasteiger charge is 2.52. The number of rotatable bonds is 3. The number of nitrogens with one attached hydrogen (secondary N) is 1. The molecule has 1 spiro atoms. The van der Waals surface area contributed by atoms with Gasteiger partial charge in [0.15, 0.2) is 0 Å². The second-order valence-corrected chi connectivity index (χ2v) is 5.54. The topological polar surface area (TPSA) is 49.4 Å². The molecule has 0 aromatic carbocycles. The Kier molecular flexibility index (Phi) is 3.24. The Hall–Kier alpha value is -0.580. The predicted molar refractivity (Wildman–Crippen MR) is 64.4 cm³/mol. The molecular formula is C11H17BrN2O2. The van der Waals surface area contributed by atoms with E-state index in [-0.39, 0.29) is 11.9 Å². The van der Waals surface area contributed by atoms with Crippen LogP contribution in [0.5, 0.6) is 0 Å². The lowest BCUT2D eigenvalue weighted by atomic mass is 9.98. The van der Waals surface area contributed by atoms with Crippen LogP contribution in [0.2, 0.25) is 0 Å². The van der Waals surface area contributed by atoms with E-state index in [4.69, 9.17) is 0 Å². The van der Waals surface area contributed by atoms with Gasteiger partial charge in [-0.2, -0.15) is 0 Å². The van der Waals surface area contributed by atoms with Gasteiger partial charge in [-0.25, -0.2) is 4.79 Å². The summed E-state index contributed by atoms with van der Waals surface area (Å²) in [5.74, 6) is 0.286. The number of imide groups is 1. The van der Waals surface area contributed by atoms with Crippen LogP contribution in [0.25, 0.3) is 0 Å². The number of hydrogen-bond acceptors (Lipinski definition) is 2. The van der Waals surface area contributed by atoms with Gasteiger partial charge < -0.3 is 5.32 Å². The first kappa shape index (κ1) is 11.9. The summed E-state index contributed by atoms with van der Waals surface area (Å²) in [6.45, 7) is 2.53. The van der Waals surface area contributed by atoms with Crippen molar-refractivity contribution in [3.63, 3.8) is 0 Å². The smallest absolute Gasteiger partial charge is 0.323 e. The summed E-state index contributed by atoms with van der Waals surface area (Å²) in [6, 6.07) is -0.209. The van der Waals surface area contributed by atoms with Gasteiger partial charge in [0.25, 0.3) is 5.91 Å². The molecule has 1 aliphatic carbocycles. The molecule has 1 aliphatic heterocycles. The quantitative estimate of drug-likeness (QED) is 0.637. The van der Waals surface area contributed by atoms with Gasteiger partial charge in [-0.3, -0.25) is 9.69 Å². The molecule has 1 unspecified atom stereocenters. The molecule has 0 aromatic heterocycles. The fraction of sp³-hybridized carbons (Fsp3) is 0.818. The third-order valence-electron chi connectivity index (χ3n) is 3.46. The minimum Gasteiger partial charge on any atom is -0.323 e. The lowest BCUT2D eigenvalue weighted by Crippen LogP contribution is -2.44. The van der Waals surface area contributed by atoms with E-state index in [0.717, 1.165) is 31.0 Å². The molecule has 1 saturated carbocycles. The van der Waals surface area contributed by atoms with Crippen molar-refractivity contribution in [3.8, 4) is 0 Å². The van der Waals surface area contributed by atoms with Crippen molar-refractivity contribution in [1.29, 1.82) is 0 Å². The normalized spacial score (nSPS) is 25.2. The lowest BCUT2D eigenvalue weighted by molar-refractivity contribution is -0.131. The maximum absolute atomic E-state index is 12.2. The molecule has 2 fully saturated rings. The van der Waals surface area contributed by atoms with E-state index in [9.17, 15) is 9.59 Å². The average molecular weight is 289 g/mol. The Morgan fingerprint density at radius 2 is 2.06 bits per heavy atom. The van der Waals surface area contributed by atoms with Crippen LogP contribution in [0, 0.1) is 5.92 Å². The van der Waals surface area contributed by atoms with Crippen molar-refractivity contribution in [2.45, 2.75) is 38.1 Å². The van der Waals surface area contributed by atoms with Crippen molar-refractivity contribution in [1.82, 2.24) is 10.2 Å². The second kappa shape index (κ2) is 4.35. The Labute approximate surface area is 104 Å². The summed E-state index contributed by atoms with van der Waals surface area (Å²) in [4.78, 5) is 25.4. The number of carbonyl (C=O) groups is 2. The minimum absolute atomic E-state index is 0.0113. The zero-order chi connectivity index (χ0) is 11.8. The molecule has 0 radical (unpaired) electrons. The van der Waals surface area contributed by atoms with Crippen LogP contribution in [0.15, 0.2) is 0 Å². The van der Waals surface area contributed by atoms with Crippen LogP contribution in [-0.4, -0.2) is 34.3 Å². The number of alkyl halides is 1. The number of urea groups is 1. The van der Waals surface area contributed by atoms with Gasteiger partial charge in [-0.05, 0) is 18.8 Å². The first-order valence-corrected chi connectivity index (χ1v) is 6.91. The molecule has 1 heterocycles. The summed E-state index contributed by atoms with van der Waals surface area (Å²) >= 11 is 3.37. The molecule has 0 aromatic rings. The van der Waals surface area contributed by atoms with E-state index < -0.39 is 5.54 Å². The maximum Gasteiger partial charge on any atom is 0.325 e. The molecule has 1 N–H and O–H groups in total. The Balaban J connectivity index is 2.10. The van der Waals surface area contributed by atoms with Gasteiger partial charge >= 0.3 is 6.03 Å². The molecule has 90 valence electrons. The van der Waals surface area contributed by atoms with Gasteiger partial charge in [0.2, 0.25) is 0 Å². The zero-order valence-corrected chi connectivity index (χ0v) is 11.0. The van der Waals surface area contributed by atoms with Crippen molar-refractivity contribution in [2.24, 2.45) is 5.92 Å². The molecule has 3 amide bonds. The Morgan fingerprint density at radius 1 is 1.44 bits per heavy atom. The van der Waals surface area contributed by atoms with E-state index in [1.54, 1.807) is 0 Å². The Morgan fingerprint density at radius 3 is 2.62 bits per heavy atom. The van der Waals surface area contributed by atoms with Crippen molar-refractivity contribution in [2.75, 3.05) is 11.9 Å². The number of nitrogens with zero attached hydrogens (tertiary/aromatic N) is 1. The Bertz CT molecular complexity index is 313. The highest BCUT2D eigenvalue weighted by molar-refractivity contribution is 9.09. The third-order valence-corrected chi connectivity index (χ3v) is 4.57. The van der Waals surface area contributed by atoms with Crippen molar-refractivity contribution >= 4 is 27.9 Å². The van der Waals surface area contributed by atoms with E-state index in [2.05, 4.69) is 21.2 Å². The van der Waals surface area contributed by atoms with Crippen molar-refractivity contribution in [3.05, 3.63) is 0 Å². The van der Waals surface area contributed by atoms with E-state index in [1.807, 2.05) is 6.92 Å². The molecule has 2 aliphatic rings. The second-order valence-electron chi connectivity index (χ2n) is 4.89. The fourth-order valence-corrected chi connectivity index (χ4v) is 2.72. The highest BCUT2D eigenvalue weighted by atomic mass is 79.9. The van der Waals surface area contributed by atoms with Crippen LogP contribution in [-0.2, 0) is 4.79 Å². The van der Waals surface area contributed by atoms with Gasteiger partial charge in [-0.1, -0.05) is 35.7 Å². The van der Waals surface area contributed by atoms with Crippen LogP contribution in [0.3, 0.4) is 0 Å². The fourth-order valence-electron chi connectivity index (χ4n) is 2.52. The number of amides is 3. The standard InChI is InChI=1S/C11H17BrN2O2/c1-8(6-12)7-14-9(15)11(13-10(14)16)4-2-3-5-11/h8H,2-7H2,1H3,(H,13,16). The third kappa shape index (κ3) is 1.85. The molecule has 0 bridgehead atoms. The van der Waals surface area contributed by atoms with Gasteiger partial charge in [0.05, 0.1) is 0 Å². The molecule has 16 heavy (non-hydrogen) atoms. The molecule has 2 rings (SSSR count). The monoisotopic (exact) mass is 288 g/mol. The largest absolute Gasteiger partial charge is 0.325 e. The van der Waals surface area contributed by atoms with E-state index >= 15 is 0 Å². The summed E-state index contributed by atoms with van der Waals surface area (Å²) in [7, 11) is 0. The van der Waals surface area contributed by atoms with Gasteiger partial charge in [0, 0.05) is 11.9 Å². The summed E-state index contributed by atoms with van der Waals surface area (Å²) < 4.78 is 0.